The second-order valence-electron chi connectivity index (χ2n) is 6.59. The molecule has 0 saturated heterocycles. The van der Waals surface area contributed by atoms with Gasteiger partial charge in [0.15, 0.2) is 0 Å². The van der Waals surface area contributed by atoms with Crippen LogP contribution in [0.15, 0.2) is 54.6 Å². The fourth-order valence-electron chi connectivity index (χ4n) is 2.74. The number of hydroxylamine groups is 1. The fraction of sp³-hybridized carbons (Fsp3) is 0.273. The predicted molar refractivity (Wildman–Crippen MR) is 111 cm³/mol. The number of allylic oxidation sites excluding steroid dienone is 1. The maximum atomic E-state index is 13.8. The van der Waals surface area contributed by atoms with Crippen molar-refractivity contribution in [3.05, 3.63) is 71.8 Å². The molecule has 0 heterocycles. The largest absolute Gasteiger partial charge is 0.491 e. The Kier molecular flexibility index (Phi) is 10.1. The van der Waals surface area contributed by atoms with Gasteiger partial charge in [-0.05, 0) is 49.1 Å². The smallest absolute Gasteiger partial charge is 0.412 e. The number of aliphatic hydroxyl groups excluding tert-OH is 1. The summed E-state index contributed by atoms with van der Waals surface area (Å²) >= 11 is 0. The summed E-state index contributed by atoms with van der Waals surface area (Å²) < 4.78 is 37.6. The SMILES string of the molecule is O=C(/C=C/CCC[C@H](OC(=O)Nc1ccc(F)cc1F)c1ccc(OCCO)cc1)NO. The van der Waals surface area contributed by atoms with Crippen LogP contribution >= 0.6 is 0 Å². The predicted octanol–water partition coefficient (Wildman–Crippen LogP) is 3.86. The maximum Gasteiger partial charge on any atom is 0.412 e. The summed E-state index contributed by atoms with van der Waals surface area (Å²) in [4.78, 5) is 23.3. The summed E-state index contributed by atoms with van der Waals surface area (Å²) in [7, 11) is 0. The Labute approximate surface area is 183 Å². The molecule has 0 radical (unpaired) electrons. The van der Waals surface area contributed by atoms with Crippen LogP contribution < -0.4 is 15.5 Å². The Balaban J connectivity index is 2.05. The van der Waals surface area contributed by atoms with Gasteiger partial charge in [-0.2, -0.15) is 0 Å². The zero-order valence-electron chi connectivity index (χ0n) is 17.1. The lowest BCUT2D eigenvalue weighted by Gasteiger charge is -2.19. The molecular formula is C22H24F2N2O6. The summed E-state index contributed by atoms with van der Waals surface area (Å²) in [5.74, 6) is -1.84. The lowest BCUT2D eigenvalue weighted by atomic mass is 10.0. The molecule has 0 spiro atoms. The van der Waals surface area contributed by atoms with E-state index in [0.29, 0.717) is 36.6 Å². The van der Waals surface area contributed by atoms with E-state index >= 15 is 0 Å². The van der Waals surface area contributed by atoms with Crippen molar-refractivity contribution in [1.29, 1.82) is 0 Å². The summed E-state index contributed by atoms with van der Waals surface area (Å²) in [6, 6.07) is 9.44. The highest BCUT2D eigenvalue weighted by atomic mass is 19.1. The minimum atomic E-state index is -0.934. The maximum absolute atomic E-state index is 13.8. The second-order valence-corrected chi connectivity index (χ2v) is 6.59. The number of anilines is 1. The molecular weight excluding hydrogens is 426 g/mol. The van der Waals surface area contributed by atoms with Crippen LogP contribution in [0.2, 0.25) is 0 Å². The van der Waals surface area contributed by atoms with E-state index < -0.39 is 29.7 Å². The van der Waals surface area contributed by atoms with E-state index in [1.165, 1.54) is 11.6 Å². The number of aliphatic hydroxyl groups is 1. The van der Waals surface area contributed by atoms with E-state index in [1.807, 2.05) is 0 Å². The monoisotopic (exact) mass is 450 g/mol. The van der Waals surface area contributed by atoms with Crippen LogP contribution in [0.4, 0.5) is 19.3 Å². The molecule has 4 N–H and O–H groups in total. The highest BCUT2D eigenvalue weighted by molar-refractivity contribution is 5.86. The summed E-state index contributed by atoms with van der Waals surface area (Å²) in [6.07, 6.45) is 2.48. The minimum absolute atomic E-state index is 0.130. The number of unbranched alkanes of at least 4 members (excludes halogenated alkanes) is 1. The first-order chi connectivity index (χ1) is 15.4. The Hall–Kier alpha value is -3.50. The Bertz CT molecular complexity index is 921. The molecule has 2 rings (SSSR count). The van der Waals surface area contributed by atoms with Gasteiger partial charge in [0.1, 0.15) is 30.1 Å². The molecule has 1 atom stereocenters. The van der Waals surface area contributed by atoms with Crippen LogP contribution in [0.25, 0.3) is 0 Å². The third kappa shape index (κ3) is 8.32. The molecule has 0 fully saturated rings. The van der Waals surface area contributed by atoms with Crippen LogP contribution in [0.5, 0.6) is 5.75 Å². The lowest BCUT2D eigenvalue weighted by Crippen LogP contribution is -2.18. The van der Waals surface area contributed by atoms with E-state index in [9.17, 15) is 18.4 Å². The second kappa shape index (κ2) is 13.0. The third-order valence-corrected chi connectivity index (χ3v) is 4.25. The van der Waals surface area contributed by atoms with Crippen molar-refractivity contribution in [2.45, 2.75) is 25.4 Å². The number of ether oxygens (including phenoxy) is 2. The van der Waals surface area contributed by atoms with Crippen molar-refractivity contribution >= 4 is 17.7 Å². The quantitative estimate of drug-likeness (QED) is 0.179. The normalized spacial score (nSPS) is 11.8. The van der Waals surface area contributed by atoms with E-state index in [0.717, 1.165) is 12.1 Å². The molecule has 0 unspecified atom stereocenters. The van der Waals surface area contributed by atoms with E-state index in [1.54, 1.807) is 30.3 Å². The Morgan fingerprint density at radius 3 is 2.53 bits per heavy atom. The molecule has 0 aliphatic heterocycles. The van der Waals surface area contributed by atoms with Crippen molar-refractivity contribution in [1.82, 2.24) is 5.48 Å². The topological polar surface area (TPSA) is 117 Å². The van der Waals surface area contributed by atoms with Gasteiger partial charge in [-0.25, -0.2) is 19.1 Å². The van der Waals surface area contributed by atoms with Crippen molar-refractivity contribution in [2.75, 3.05) is 18.5 Å². The lowest BCUT2D eigenvalue weighted by molar-refractivity contribution is -0.124. The van der Waals surface area contributed by atoms with Gasteiger partial charge < -0.3 is 14.6 Å². The summed E-state index contributed by atoms with van der Waals surface area (Å²) in [5, 5.41) is 19.6. The van der Waals surface area contributed by atoms with Gasteiger partial charge in [0.2, 0.25) is 0 Å². The van der Waals surface area contributed by atoms with E-state index in [4.69, 9.17) is 19.8 Å². The van der Waals surface area contributed by atoms with Crippen LogP contribution in [0.1, 0.15) is 30.9 Å². The van der Waals surface area contributed by atoms with Gasteiger partial charge in [-0.3, -0.25) is 15.3 Å². The van der Waals surface area contributed by atoms with Gasteiger partial charge in [0.25, 0.3) is 5.91 Å². The molecule has 2 amide bonds. The standard InChI is InChI=1S/C22H24F2N2O6/c23-16-8-11-19(18(24)14-16)25-22(29)32-20(4-2-1-3-5-21(28)26-30)15-6-9-17(10-7-15)31-13-12-27/h3,5-11,14,20,27,30H,1-2,4,12-13H2,(H,25,29)(H,26,28)/b5-3+/t20-/m0/s1. The number of halogens is 2. The van der Waals surface area contributed by atoms with E-state index in [-0.39, 0.29) is 18.9 Å². The molecule has 172 valence electrons. The average Bonchev–Trinajstić information content (AvgIpc) is 2.78. The Morgan fingerprint density at radius 2 is 1.88 bits per heavy atom. The number of carbonyl (C=O) groups is 2. The van der Waals surface area contributed by atoms with Crippen molar-refractivity contribution in [3.8, 4) is 5.75 Å². The number of hydrogen-bond donors (Lipinski definition) is 4. The highest BCUT2D eigenvalue weighted by Crippen LogP contribution is 2.27. The van der Waals surface area contributed by atoms with Crippen LogP contribution in [-0.4, -0.2) is 35.5 Å². The number of amides is 2. The molecule has 0 aliphatic rings. The third-order valence-electron chi connectivity index (χ3n) is 4.25. The minimum Gasteiger partial charge on any atom is -0.491 e. The average molecular weight is 450 g/mol. The molecule has 0 aliphatic carbocycles. The van der Waals surface area contributed by atoms with Gasteiger partial charge >= 0.3 is 6.09 Å². The Morgan fingerprint density at radius 1 is 1.12 bits per heavy atom. The number of nitrogens with one attached hydrogen (secondary N) is 2. The van der Waals surface area contributed by atoms with Gasteiger partial charge in [-0.15, -0.1) is 0 Å². The van der Waals surface area contributed by atoms with Crippen LogP contribution in [0, 0.1) is 11.6 Å². The summed E-state index contributed by atoms with van der Waals surface area (Å²) in [6.45, 7) is 0.00803. The van der Waals surface area contributed by atoms with Crippen molar-refractivity contribution < 1.29 is 38.2 Å². The van der Waals surface area contributed by atoms with Crippen molar-refractivity contribution in [2.24, 2.45) is 0 Å². The first kappa shape index (κ1) is 24.8. The summed E-state index contributed by atoms with van der Waals surface area (Å²) in [5.41, 5.74) is 1.91. The van der Waals surface area contributed by atoms with Crippen LogP contribution in [-0.2, 0) is 9.53 Å². The highest BCUT2D eigenvalue weighted by Gasteiger charge is 2.18. The van der Waals surface area contributed by atoms with Crippen LogP contribution in [0.3, 0.4) is 0 Å². The first-order valence-electron chi connectivity index (χ1n) is 9.80. The van der Waals surface area contributed by atoms with Gasteiger partial charge in [0, 0.05) is 12.1 Å². The van der Waals surface area contributed by atoms with Gasteiger partial charge in [0.05, 0.1) is 12.3 Å². The first-order valence-corrected chi connectivity index (χ1v) is 9.80. The zero-order chi connectivity index (χ0) is 23.3. The van der Waals surface area contributed by atoms with Gasteiger partial charge in [-0.1, -0.05) is 18.2 Å². The molecule has 2 aromatic carbocycles. The molecule has 2 aromatic rings. The molecule has 0 saturated carbocycles. The van der Waals surface area contributed by atoms with E-state index in [2.05, 4.69) is 5.32 Å². The molecule has 0 aromatic heterocycles. The molecule has 10 heteroatoms. The number of benzene rings is 2. The number of rotatable bonds is 11. The number of hydrogen-bond acceptors (Lipinski definition) is 6. The molecule has 8 nitrogen and oxygen atoms in total. The van der Waals surface area contributed by atoms with Crippen molar-refractivity contribution in [3.63, 3.8) is 0 Å². The molecule has 0 bridgehead atoms. The molecule has 32 heavy (non-hydrogen) atoms. The zero-order valence-corrected chi connectivity index (χ0v) is 17.1. The number of carbonyl (C=O) groups excluding carboxylic acids is 2. The fourth-order valence-corrected chi connectivity index (χ4v) is 2.74.